The lowest BCUT2D eigenvalue weighted by Gasteiger charge is -2.10. The molecular formula is C8H11NO6. The Morgan fingerprint density at radius 3 is 2.07 bits per heavy atom. The van der Waals surface area contributed by atoms with E-state index in [1.165, 1.54) is 0 Å². The molecular weight excluding hydrogens is 206 g/mol. The van der Waals surface area contributed by atoms with Crippen LogP contribution in [0.2, 0.25) is 0 Å². The first-order valence-corrected chi connectivity index (χ1v) is 4.34. The van der Waals surface area contributed by atoms with Crippen molar-refractivity contribution in [1.82, 2.24) is 5.32 Å². The van der Waals surface area contributed by atoms with Gasteiger partial charge in [0.1, 0.15) is 19.8 Å². The predicted octanol–water partition coefficient (Wildman–Crippen LogP) is -1.78. The highest BCUT2D eigenvalue weighted by molar-refractivity contribution is 5.87. The fourth-order valence-corrected chi connectivity index (χ4v) is 0.830. The molecule has 1 N–H and O–H groups in total. The minimum Gasteiger partial charge on any atom is -0.462 e. The molecule has 1 amide bonds. The Morgan fingerprint density at radius 2 is 1.73 bits per heavy atom. The number of rotatable bonds is 0. The molecule has 15 heavy (non-hydrogen) atoms. The van der Waals surface area contributed by atoms with Crippen molar-refractivity contribution in [3.05, 3.63) is 0 Å². The summed E-state index contributed by atoms with van der Waals surface area (Å²) < 4.78 is 13.6. The molecule has 0 spiro atoms. The minimum absolute atomic E-state index is 0.0127. The summed E-state index contributed by atoms with van der Waals surface area (Å²) in [5.74, 6) is -0.861. The summed E-state index contributed by atoms with van der Waals surface area (Å²) in [7, 11) is 0. The Labute approximate surface area is 85.7 Å². The predicted molar refractivity (Wildman–Crippen MR) is 45.7 cm³/mol. The Bertz CT molecular complexity index is 228. The van der Waals surface area contributed by atoms with Crippen LogP contribution in [0, 0.1) is 0 Å². The lowest BCUT2D eigenvalue weighted by Crippen LogP contribution is -2.39. The van der Waals surface area contributed by atoms with Gasteiger partial charge in [0.15, 0.2) is 6.61 Å². The van der Waals surface area contributed by atoms with Crippen molar-refractivity contribution < 1.29 is 28.6 Å². The van der Waals surface area contributed by atoms with Crippen LogP contribution in [0.4, 0.5) is 0 Å². The highest BCUT2D eigenvalue weighted by atomic mass is 16.6. The van der Waals surface area contributed by atoms with Crippen molar-refractivity contribution >= 4 is 17.8 Å². The highest BCUT2D eigenvalue weighted by Crippen LogP contribution is 1.88. The molecule has 7 nitrogen and oxygen atoms in total. The van der Waals surface area contributed by atoms with Crippen molar-refractivity contribution in [3.8, 4) is 0 Å². The zero-order valence-electron chi connectivity index (χ0n) is 7.99. The second-order valence-corrected chi connectivity index (χ2v) is 2.71. The third kappa shape index (κ3) is 4.96. The zero-order valence-corrected chi connectivity index (χ0v) is 7.99. The molecule has 2 saturated heterocycles. The van der Waals surface area contributed by atoms with Crippen molar-refractivity contribution in [1.29, 1.82) is 0 Å². The number of nitrogens with one attached hydrogen (secondary N) is 1. The van der Waals surface area contributed by atoms with Gasteiger partial charge in [-0.1, -0.05) is 0 Å². The van der Waals surface area contributed by atoms with Crippen molar-refractivity contribution in [3.63, 3.8) is 0 Å². The van der Waals surface area contributed by atoms with Crippen LogP contribution in [0.15, 0.2) is 0 Å². The topological polar surface area (TPSA) is 90.9 Å². The van der Waals surface area contributed by atoms with Crippen molar-refractivity contribution in [2.24, 2.45) is 0 Å². The summed E-state index contributed by atoms with van der Waals surface area (Å²) in [4.78, 5) is 30.5. The first-order chi connectivity index (χ1) is 7.18. The van der Waals surface area contributed by atoms with Crippen LogP contribution in [-0.4, -0.2) is 50.8 Å². The number of morpholine rings is 1. The molecule has 0 aromatic carbocycles. The molecule has 2 aliphatic rings. The molecule has 0 aromatic rings. The number of amides is 1. The van der Waals surface area contributed by atoms with E-state index in [2.05, 4.69) is 14.8 Å². The Morgan fingerprint density at radius 1 is 0.933 bits per heavy atom. The molecule has 0 bridgehead atoms. The molecule has 0 aromatic heterocycles. The van der Waals surface area contributed by atoms with Gasteiger partial charge < -0.3 is 19.5 Å². The van der Waals surface area contributed by atoms with Crippen LogP contribution < -0.4 is 5.32 Å². The van der Waals surface area contributed by atoms with Gasteiger partial charge in [0.05, 0.1) is 6.61 Å². The molecule has 2 fully saturated rings. The Kier molecular flexibility index (Phi) is 4.55. The maximum Gasteiger partial charge on any atom is 0.332 e. The average Bonchev–Trinajstić information content (AvgIpc) is 2.25. The number of carbonyl (C=O) groups excluding carboxylic acids is 3. The number of esters is 2. The molecule has 0 saturated carbocycles. The normalized spacial score (nSPS) is 20.4. The van der Waals surface area contributed by atoms with Crippen molar-refractivity contribution in [2.45, 2.75) is 0 Å². The zero-order chi connectivity index (χ0) is 11.1. The fourth-order valence-electron chi connectivity index (χ4n) is 0.830. The van der Waals surface area contributed by atoms with Gasteiger partial charge in [-0.2, -0.15) is 0 Å². The first-order valence-electron chi connectivity index (χ1n) is 4.34. The van der Waals surface area contributed by atoms with E-state index in [9.17, 15) is 14.4 Å². The second-order valence-electron chi connectivity index (χ2n) is 2.71. The maximum absolute atomic E-state index is 10.2. The number of hydrogen-bond donors (Lipinski definition) is 1. The Balaban J connectivity index is 0.000000151. The van der Waals surface area contributed by atoms with Crippen LogP contribution in [-0.2, 0) is 28.6 Å². The third-order valence-electron chi connectivity index (χ3n) is 1.50. The summed E-state index contributed by atoms with van der Waals surface area (Å²) in [6.45, 7) is 0.974. The van der Waals surface area contributed by atoms with Gasteiger partial charge in [-0.3, -0.25) is 9.59 Å². The second kappa shape index (κ2) is 5.97. The number of carbonyl (C=O) groups is 3. The summed E-state index contributed by atoms with van der Waals surface area (Å²) in [6, 6.07) is 0. The van der Waals surface area contributed by atoms with E-state index >= 15 is 0 Å². The number of hydrogen-bond acceptors (Lipinski definition) is 6. The SMILES string of the molecule is O=C1COC(=O)CN1.O=C1COCCO1. The summed E-state index contributed by atoms with van der Waals surface area (Å²) >= 11 is 0. The van der Waals surface area contributed by atoms with E-state index in [1.54, 1.807) is 0 Å². The highest BCUT2D eigenvalue weighted by Gasteiger charge is 2.13. The lowest BCUT2D eigenvalue weighted by molar-refractivity contribution is -0.159. The van der Waals surface area contributed by atoms with Crippen LogP contribution >= 0.6 is 0 Å². The molecule has 2 rings (SSSR count). The third-order valence-corrected chi connectivity index (χ3v) is 1.50. The van der Waals surface area contributed by atoms with Crippen LogP contribution in [0.5, 0.6) is 0 Å². The summed E-state index contributed by atoms with van der Waals surface area (Å²) in [6.07, 6.45) is 0. The van der Waals surface area contributed by atoms with Gasteiger partial charge >= 0.3 is 11.9 Å². The quantitative estimate of drug-likeness (QED) is 0.482. The van der Waals surface area contributed by atoms with Crippen molar-refractivity contribution in [2.75, 3.05) is 33.0 Å². The summed E-state index contributed by atoms with van der Waals surface area (Å²) in [5, 5.41) is 2.32. The van der Waals surface area contributed by atoms with Crippen LogP contribution in [0.1, 0.15) is 0 Å². The molecule has 0 atom stereocenters. The average molecular weight is 217 g/mol. The number of cyclic esters (lactones) is 2. The van der Waals surface area contributed by atoms with Crippen LogP contribution in [0.25, 0.3) is 0 Å². The molecule has 2 aliphatic heterocycles. The van der Waals surface area contributed by atoms with Crippen LogP contribution in [0.3, 0.4) is 0 Å². The van der Waals surface area contributed by atoms with Gasteiger partial charge in [-0.05, 0) is 0 Å². The summed E-state index contributed by atoms with van der Waals surface area (Å²) in [5.41, 5.74) is 0. The Hall–Kier alpha value is -1.63. The smallest absolute Gasteiger partial charge is 0.332 e. The van der Waals surface area contributed by atoms with Gasteiger partial charge in [-0.15, -0.1) is 0 Å². The molecule has 0 radical (unpaired) electrons. The van der Waals surface area contributed by atoms with Gasteiger partial charge in [-0.25, -0.2) is 4.79 Å². The molecule has 2 heterocycles. The van der Waals surface area contributed by atoms with E-state index < -0.39 is 0 Å². The molecule has 0 aliphatic carbocycles. The van der Waals surface area contributed by atoms with E-state index in [0.717, 1.165) is 0 Å². The molecule has 7 heteroatoms. The first kappa shape index (κ1) is 11.4. The minimum atomic E-state index is -0.371. The molecule has 0 unspecified atom stereocenters. The lowest BCUT2D eigenvalue weighted by atomic mass is 10.5. The van der Waals surface area contributed by atoms with Gasteiger partial charge in [0, 0.05) is 0 Å². The maximum atomic E-state index is 10.2. The standard InChI is InChI=1S/C4H5NO3.C4H6O3/c6-3-2-8-4(7)1-5-3;5-4-3-6-1-2-7-4/h1-2H2,(H,5,6);1-3H2. The van der Waals surface area contributed by atoms with E-state index in [0.29, 0.717) is 13.2 Å². The fraction of sp³-hybridized carbons (Fsp3) is 0.625. The van der Waals surface area contributed by atoms with E-state index in [1.807, 2.05) is 0 Å². The van der Waals surface area contributed by atoms with Gasteiger partial charge in [0.25, 0.3) is 5.91 Å². The van der Waals surface area contributed by atoms with E-state index in [-0.39, 0.29) is 37.6 Å². The monoisotopic (exact) mass is 217 g/mol. The molecule has 84 valence electrons. The van der Waals surface area contributed by atoms with E-state index in [4.69, 9.17) is 4.74 Å². The van der Waals surface area contributed by atoms with Gasteiger partial charge in [0.2, 0.25) is 0 Å². The number of ether oxygens (including phenoxy) is 3. The largest absolute Gasteiger partial charge is 0.462 e.